The van der Waals surface area contributed by atoms with Crippen molar-refractivity contribution >= 4 is 11.6 Å². The van der Waals surface area contributed by atoms with Crippen molar-refractivity contribution in [2.24, 2.45) is 0 Å². The molecule has 0 radical (unpaired) electrons. The molecule has 0 nitrogen and oxygen atoms in total. The van der Waals surface area contributed by atoms with Gasteiger partial charge in [0.05, 0.1) is 5.38 Å². The van der Waals surface area contributed by atoms with Gasteiger partial charge in [0.15, 0.2) is 0 Å². The second kappa shape index (κ2) is 5.20. The molecule has 0 saturated heterocycles. The van der Waals surface area contributed by atoms with Crippen LogP contribution in [0.15, 0.2) is 36.0 Å². The predicted octanol–water partition coefficient (Wildman–Crippen LogP) is 3.69. The van der Waals surface area contributed by atoms with Gasteiger partial charge in [0.1, 0.15) is 0 Å². The van der Waals surface area contributed by atoms with Crippen LogP contribution < -0.4 is 0 Å². The van der Waals surface area contributed by atoms with Crippen LogP contribution in [0.25, 0.3) is 0 Å². The molecule has 0 aliphatic carbocycles. The highest BCUT2D eigenvalue weighted by Crippen LogP contribution is 2.09. The molecular weight excluding hydrogens is 156 g/mol. The molecule has 0 aromatic heterocycles. The molecule has 0 bridgehead atoms. The van der Waals surface area contributed by atoms with Gasteiger partial charge in [-0.15, -0.1) is 11.6 Å². The van der Waals surface area contributed by atoms with Crippen molar-refractivity contribution in [1.29, 1.82) is 0 Å². The van der Waals surface area contributed by atoms with Crippen molar-refractivity contribution in [2.75, 3.05) is 0 Å². The zero-order valence-corrected chi connectivity index (χ0v) is 8.15. The number of rotatable bonds is 3. The fourth-order valence-electron chi connectivity index (χ4n) is 0.497. The Hall–Kier alpha value is -0.490. The molecule has 0 aromatic rings. The first-order valence-corrected chi connectivity index (χ1v) is 4.12. The number of allylic oxidation sites excluding steroid dienone is 5. The smallest absolute Gasteiger partial charge is 0.0724 e. The van der Waals surface area contributed by atoms with E-state index in [2.05, 4.69) is 6.58 Å². The third-order valence-electron chi connectivity index (χ3n) is 1.45. The number of hydrogen-bond donors (Lipinski definition) is 0. The Morgan fingerprint density at radius 1 is 1.45 bits per heavy atom. The highest BCUT2D eigenvalue weighted by atomic mass is 35.5. The minimum atomic E-state index is -0.0371. The van der Waals surface area contributed by atoms with Crippen LogP contribution in [0.4, 0.5) is 0 Å². The molecule has 0 spiro atoms. The maximum absolute atomic E-state index is 5.90. The van der Waals surface area contributed by atoms with E-state index < -0.39 is 0 Å². The molecule has 0 N–H and O–H groups in total. The maximum atomic E-state index is 5.90. The molecular formula is C10H15Cl. The zero-order chi connectivity index (χ0) is 8.85. The third-order valence-corrected chi connectivity index (χ3v) is 1.97. The number of hydrogen-bond acceptors (Lipinski definition) is 0. The lowest BCUT2D eigenvalue weighted by atomic mass is 10.2. The summed E-state index contributed by atoms with van der Waals surface area (Å²) >= 11 is 5.90. The number of alkyl halides is 1. The van der Waals surface area contributed by atoms with E-state index >= 15 is 0 Å². The zero-order valence-electron chi connectivity index (χ0n) is 7.39. The van der Waals surface area contributed by atoms with Gasteiger partial charge in [-0.05, 0) is 20.8 Å². The maximum Gasteiger partial charge on any atom is 0.0724 e. The van der Waals surface area contributed by atoms with Gasteiger partial charge in [-0.3, -0.25) is 0 Å². The van der Waals surface area contributed by atoms with Crippen LogP contribution in [0.5, 0.6) is 0 Å². The Balaban J connectivity index is 4.03. The first-order valence-electron chi connectivity index (χ1n) is 3.68. The summed E-state index contributed by atoms with van der Waals surface area (Å²) in [6.07, 6.45) is 5.99. The molecule has 0 aliphatic rings. The molecule has 0 heterocycles. The second-order valence-electron chi connectivity index (χ2n) is 2.64. The summed E-state index contributed by atoms with van der Waals surface area (Å²) < 4.78 is 0. The Labute approximate surface area is 74.3 Å². The van der Waals surface area contributed by atoms with Crippen LogP contribution in [-0.2, 0) is 0 Å². The van der Waals surface area contributed by atoms with E-state index in [0.29, 0.717) is 0 Å². The van der Waals surface area contributed by atoms with Crippen molar-refractivity contribution < 1.29 is 0 Å². The summed E-state index contributed by atoms with van der Waals surface area (Å²) in [5.74, 6) is 0. The minimum Gasteiger partial charge on any atom is -0.114 e. The Bertz CT molecular complexity index is 187. The Kier molecular flexibility index (Phi) is 4.97. The average Bonchev–Trinajstić information content (AvgIpc) is 1.99. The second-order valence-corrected chi connectivity index (χ2v) is 3.11. The summed E-state index contributed by atoms with van der Waals surface area (Å²) in [4.78, 5) is 0. The molecule has 1 unspecified atom stereocenters. The first-order chi connectivity index (χ1) is 5.07. The molecule has 0 saturated carbocycles. The molecule has 62 valence electrons. The lowest BCUT2D eigenvalue weighted by Gasteiger charge is -2.00. The molecule has 0 aliphatic heterocycles. The molecule has 11 heavy (non-hydrogen) atoms. The van der Waals surface area contributed by atoms with Gasteiger partial charge >= 0.3 is 0 Å². The van der Waals surface area contributed by atoms with Gasteiger partial charge in [-0.1, -0.05) is 36.0 Å². The molecule has 1 heteroatoms. The molecule has 0 rings (SSSR count). The van der Waals surface area contributed by atoms with Crippen LogP contribution in [0, 0.1) is 0 Å². The van der Waals surface area contributed by atoms with Crippen LogP contribution in [-0.4, -0.2) is 5.38 Å². The van der Waals surface area contributed by atoms with Crippen LogP contribution in [0.2, 0.25) is 0 Å². The van der Waals surface area contributed by atoms with Crippen molar-refractivity contribution in [3.63, 3.8) is 0 Å². The summed E-state index contributed by atoms with van der Waals surface area (Å²) in [6.45, 7) is 9.72. The normalized spacial score (nSPS) is 15.5. The van der Waals surface area contributed by atoms with E-state index in [9.17, 15) is 0 Å². The fourth-order valence-corrected chi connectivity index (χ4v) is 0.569. The van der Waals surface area contributed by atoms with E-state index in [1.807, 2.05) is 39.0 Å². The quantitative estimate of drug-likeness (QED) is 0.344. The van der Waals surface area contributed by atoms with Gasteiger partial charge < -0.3 is 0 Å². The summed E-state index contributed by atoms with van der Waals surface area (Å²) in [6, 6.07) is 0. The topological polar surface area (TPSA) is 0 Å². The van der Waals surface area contributed by atoms with Crippen molar-refractivity contribution in [2.45, 2.75) is 26.1 Å². The first kappa shape index (κ1) is 10.5. The predicted molar refractivity (Wildman–Crippen MR) is 53.0 cm³/mol. The highest BCUT2D eigenvalue weighted by Gasteiger charge is 1.97. The molecule has 0 amide bonds. The van der Waals surface area contributed by atoms with E-state index in [0.717, 1.165) is 5.57 Å². The molecule has 0 fully saturated rings. The lowest BCUT2D eigenvalue weighted by molar-refractivity contribution is 1.23. The standard InChI is InChI=1S/C10H15Cl/c1-5-9(4)6-7-10(11)8(2)3/h5-7,10H,2H2,1,3-4H3. The van der Waals surface area contributed by atoms with E-state index in [4.69, 9.17) is 11.6 Å². The molecule has 0 aromatic carbocycles. The van der Waals surface area contributed by atoms with Gasteiger partial charge in [-0.25, -0.2) is 0 Å². The summed E-state index contributed by atoms with van der Waals surface area (Å²) in [7, 11) is 0. The number of halogens is 1. The Morgan fingerprint density at radius 3 is 2.36 bits per heavy atom. The van der Waals surface area contributed by atoms with Gasteiger partial charge in [0.2, 0.25) is 0 Å². The summed E-state index contributed by atoms with van der Waals surface area (Å²) in [5.41, 5.74) is 2.20. The minimum absolute atomic E-state index is 0.0371. The monoisotopic (exact) mass is 170 g/mol. The Morgan fingerprint density at radius 2 is 2.00 bits per heavy atom. The van der Waals surface area contributed by atoms with Crippen LogP contribution >= 0.6 is 11.6 Å². The van der Waals surface area contributed by atoms with E-state index in [-0.39, 0.29) is 5.38 Å². The average molecular weight is 171 g/mol. The SMILES string of the molecule is C=C(C)C(Cl)C=CC(C)=CC. The van der Waals surface area contributed by atoms with Gasteiger partial charge in [-0.2, -0.15) is 0 Å². The van der Waals surface area contributed by atoms with Crippen molar-refractivity contribution in [1.82, 2.24) is 0 Å². The lowest BCUT2D eigenvalue weighted by Crippen LogP contribution is -1.92. The summed E-state index contributed by atoms with van der Waals surface area (Å²) in [5, 5.41) is -0.0371. The van der Waals surface area contributed by atoms with E-state index in [1.54, 1.807) is 0 Å². The van der Waals surface area contributed by atoms with Crippen molar-refractivity contribution in [3.05, 3.63) is 36.0 Å². The van der Waals surface area contributed by atoms with Gasteiger partial charge in [0, 0.05) is 0 Å². The van der Waals surface area contributed by atoms with Crippen molar-refractivity contribution in [3.8, 4) is 0 Å². The van der Waals surface area contributed by atoms with Gasteiger partial charge in [0.25, 0.3) is 0 Å². The highest BCUT2D eigenvalue weighted by molar-refractivity contribution is 6.23. The van der Waals surface area contributed by atoms with Crippen LogP contribution in [0.3, 0.4) is 0 Å². The fraction of sp³-hybridized carbons (Fsp3) is 0.400. The largest absolute Gasteiger partial charge is 0.114 e. The molecule has 1 atom stereocenters. The van der Waals surface area contributed by atoms with E-state index in [1.165, 1.54) is 5.57 Å². The van der Waals surface area contributed by atoms with Crippen LogP contribution in [0.1, 0.15) is 20.8 Å². The third kappa shape index (κ3) is 4.86.